The summed E-state index contributed by atoms with van der Waals surface area (Å²) < 4.78 is 29.3. The minimum absolute atomic E-state index is 0.0478. The molecule has 3 aromatic rings. The van der Waals surface area contributed by atoms with Crippen LogP contribution in [-0.2, 0) is 21.2 Å². The Balaban J connectivity index is 1.74. The zero-order chi connectivity index (χ0) is 24.2. The van der Waals surface area contributed by atoms with Crippen molar-refractivity contribution in [3.8, 4) is 0 Å². The van der Waals surface area contributed by atoms with Crippen LogP contribution in [0.1, 0.15) is 29.8 Å². The van der Waals surface area contributed by atoms with Gasteiger partial charge in [-0.3, -0.25) is 14.6 Å². The molecule has 9 nitrogen and oxygen atoms in total. The molecule has 0 aliphatic carbocycles. The summed E-state index contributed by atoms with van der Waals surface area (Å²) >= 11 is 5.90. The summed E-state index contributed by atoms with van der Waals surface area (Å²) in [6.45, 7) is 4.91. The highest BCUT2D eigenvalue weighted by molar-refractivity contribution is 7.89. The van der Waals surface area contributed by atoms with Crippen molar-refractivity contribution >= 4 is 33.2 Å². The van der Waals surface area contributed by atoms with Crippen molar-refractivity contribution in [1.29, 1.82) is 0 Å². The Morgan fingerprint density at radius 1 is 1.21 bits per heavy atom. The number of halogens is 1. The van der Waals surface area contributed by atoms with Gasteiger partial charge in [0.25, 0.3) is 5.56 Å². The van der Waals surface area contributed by atoms with E-state index in [1.807, 2.05) is 12.1 Å². The zero-order valence-electron chi connectivity index (χ0n) is 18.4. The molecule has 1 aromatic carbocycles. The Kier molecular flexibility index (Phi) is 7.62. The number of aryl methyl sites for hydroxylation is 1. The lowest BCUT2D eigenvalue weighted by Crippen LogP contribution is -2.34. The number of pyridine rings is 1. The van der Waals surface area contributed by atoms with Gasteiger partial charge >= 0.3 is 0 Å². The van der Waals surface area contributed by atoms with E-state index in [4.69, 9.17) is 11.6 Å². The smallest absolute Gasteiger partial charge is 0.271 e. The molecule has 2 aromatic heterocycles. The molecule has 2 heterocycles. The third-order valence-corrected chi connectivity index (χ3v) is 7.06. The fourth-order valence-corrected chi connectivity index (χ4v) is 4.50. The van der Waals surface area contributed by atoms with Gasteiger partial charge in [0.05, 0.1) is 16.1 Å². The Bertz CT molecular complexity index is 1330. The fourth-order valence-electron chi connectivity index (χ4n) is 3.07. The van der Waals surface area contributed by atoms with Gasteiger partial charge in [-0.25, -0.2) is 17.8 Å². The van der Waals surface area contributed by atoms with Gasteiger partial charge in [0, 0.05) is 36.1 Å². The second kappa shape index (κ2) is 10.2. The minimum Gasteiger partial charge on any atom is -0.324 e. The van der Waals surface area contributed by atoms with Crippen LogP contribution >= 0.6 is 11.6 Å². The number of sulfonamides is 1. The highest BCUT2D eigenvalue weighted by Crippen LogP contribution is 2.21. The Morgan fingerprint density at radius 2 is 1.97 bits per heavy atom. The van der Waals surface area contributed by atoms with Crippen LogP contribution in [-0.4, -0.2) is 35.6 Å². The van der Waals surface area contributed by atoms with Crippen LogP contribution < -0.4 is 15.6 Å². The Morgan fingerprint density at radius 3 is 2.67 bits per heavy atom. The SMILES string of the molecule is Cc1ccc(NC(=O)C(C)n2ncc(Cl)c(C)c2=O)cc1S(=O)(=O)NCCc1ccccn1. The third-order valence-electron chi connectivity index (χ3n) is 5.07. The molecule has 0 spiro atoms. The summed E-state index contributed by atoms with van der Waals surface area (Å²) in [6.07, 6.45) is 3.39. The molecule has 1 amide bonds. The monoisotopic (exact) mass is 489 g/mol. The molecule has 3 rings (SSSR count). The number of benzene rings is 1. The van der Waals surface area contributed by atoms with Crippen LogP contribution in [0.25, 0.3) is 0 Å². The maximum absolute atomic E-state index is 12.8. The number of carbonyl (C=O) groups excluding carboxylic acids is 1. The summed E-state index contributed by atoms with van der Waals surface area (Å²) in [5.74, 6) is -0.526. The lowest BCUT2D eigenvalue weighted by atomic mass is 10.2. The average molecular weight is 490 g/mol. The molecule has 174 valence electrons. The first kappa shape index (κ1) is 24.6. The van der Waals surface area contributed by atoms with E-state index in [2.05, 4.69) is 20.1 Å². The second-order valence-corrected chi connectivity index (χ2v) is 9.62. The summed E-state index contributed by atoms with van der Waals surface area (Å²) in [5.41, 5.74) is 1.38. The quantitative estimate of drug-likeness (QED) is 0.501. The Hall–Kier alpha value is -3.08. The molecule has 1 atom stereocenters. The van der Waals surface area contributed by atoms with Gasteiger partial charge in [-0.15, -0.1) is 0 Å². The van der Waals surface area contributed by atoms with Gasteiger partial charge in [-0.05, 0) is 50.6 Å². The van der Waals surface area contributed by atoms with Gasteiger partial charge in [-0.2, -0.15) is 5.10 Å². The van der Waals surface area contributed by atoms with E-state index in [1.54, 1.807) is 38.2 Å². The van der Waals surface area contributed by atoms with E-state index >= 15 is 0 Å². The molecule has 1 unspecified atom stereocenters. The number of hydrogen-bond acceptors (Lipinski definition) is 6. The first-order chi connectivity index (χ1) is 15.6. The van der Waals surface area contributed by atoms with Crippen LogP contribution in [0.5, 0.6) is 0 Å². The second-order valence-electron chi connectivity index (χ2n) is 7.48. The molecular formula is C22H24ClN5O4S. The van der Waals surface area contributed by atoms with Gasteiger partial charge in [0.2, 0.25) is 15.9 Å². The molecule has 11 heteroatoms. The third kappa shape index (κ3) is 5.84. The first-order valence-corrected chi connectivity index (χ1v) is 12.0. The number of hydrogen-bond donors (Lipinski definition) is 2. The standard InChI is InChI=1S/C22H24ClN5O4S/c1-14-7-8-18(27-21(29)16(3)28-22(30)15(2)19(23)13-25-28)12-20(14)33(31,32)26-11-9-17-6-4-5-10-24-17/h4-8,10,12-13,16,26H,9,11H2,1-3H3,(H,27,29). The fraction of sp³-hybridized carbons (Fsp3) is 0.273. The lowest BCUT2D eigenvalue weighted by molar-refractivity contribution is -0.119. The number of anilines is 1. The van der Waals surface area contributed by atoms with Crippen molar-refractivity contribution in [2.75, 3.05) is 11.9 Å². The molecule has 0 bridgehead atoms. The van der Waals surface area contributed by atoms with Crippen molar-refractivity contribution in [3.05, 3.63) is 81.0 Å². The van der Waals surface area contributed by atoms with E-state index in [0.29, 0.717) is 12.0 Å². The van der Waals surface area contributed by atoms with E-state index in [9.17, 15) is 18.0 Å². The van der Waals surface area contributed by atoms with Crippen molar-refractivity contribution in [2.45, 2.75) is 38.1 Å². The molecule has 0 saturated carbocycles. The molecule has 33 heavy (non-hydrogen) atoms. The van der Waals surface area contributed by atoms with Crippen LogP contribution in [0.3, 0.4) is 0 Å². The number of carbonyl (C=O) groups is 1. The normalized spacial score (nSPS) is 12.4. The topological polar surface area (TPSA) is 123 Å². The number of aromatic nitrogens is 3. The van der Waals surface area contributed by atoms with E-state index in [0.717, 1.165) is 10.4 Å². The molecule has 0 aliphatic rings. The maximum atomic E-state index is 12.8. The van der Waals surface area contributed by atoms with Gasteiger partial charge in [0.1, 0.15) is 6.04 Å². The van der Waals surface area contributed by atoms with Crippen molar-refractivity contribution in [2.24, 2.45) is 0 Å². The summed E-state index contributed by atoms with van der Waals surface area (Å²) in [5, 5.41) is 6.80. The van der Waals surface area contributed by atoms with Gasteiger partial charge < -0.3 is 5.32 Å². The molecule has 0 fully saturated rings. The van der Waals surface area contributed by atoms with Crippen LogP contribution in [0.15, 0.2) is 58.5 Å². The van der Waals surface area contributed by atoms with Crippen LogP contribution in [0.2, 0.25) is 5.02 Å². The van der Waals surface area contributed by atoms with Crippen LogP contribution in [0.4, 0.5) is 5.69 Å². The summed E-state index contributed by atoms with van der Waals surface area (Å²) in [6, 6.07) is 9.08. The number of nitrogens with zero attached hydrogens (tertiary/aromatic N) is 3. The maximum Gasteiger partial charge on any atom is 0.271 e. The predicted molar refractivity (Wildman–Crippen MR) is 126 cm³/mol. The van der Waals surface area contributed by atoms with E-state index in [-0.39, 0.29) is 27.7 Å². The molecule has 2 N–H and O–H groups in total. The predicted octanol–water partition coefficient (Wildman–Crippen LogP) is 2.63. The van der Waals surface area contributed by atoms with Crippen molar-refractivity contribution in [3.63, 3.8) is 0 Å². The highest BCUT2D eigenvalue weighted by Gasteiger charge is 2.21. The first-order valence-electron chi connectivity index (χ1n) is 10.1. The Labute approximate surface area is 196 Å². The summed E-state index contributed by atoms with van der Waals surface area (Å²) in [4.78, 5) is 29.3. The van der Waals surface area contributed by atoms with Crippen molar-refractivity contribution in [1.82, 2.24) is 19.5 Å². The van der Waals surface area contributed by atoms with E-state index < -0.39 is 27.5 Å². The zero-order valence-corrected chi connectivity index (χ0v) is 19.9. The average Bonchev–Trinajstić information content (AvgIpc) is 2.79. The van der Waals surface area contributed by atoms with E-state index in [1.165, 1.54) is 19.2 Å². The number of nitrogens with one attached hydrogen (secondary N) is 2. The van der Waals surface area contributed by atoms with Gasteiger partial charge in [-0.1, -0.05) is 23.7 Å². The largest absolute Gasteiger partial charge is 0.324 e. The lowest BCUT2D eigenvalue weighted by Gasteiger charge is -2.16. The number of rotatable bonds is 8. The highest BCUT2D eigenvalue weighted by atomic mass is 35.5. The minimum atomic E-state index is -3.82. The molecular weight excluding hydrogens is 466 g/mol. The molecule has 0 saturated heterocycles. The van der Waals surface area contributed by atoms with Gasteiger partial charge in [0.15, 0.2) is 0 Å². The molecule has 0 radical (unpaired) electrons. The van der Waals surface area contributed by atoms with Crippen molar-refractivity contribution < 1.29 is 13.2 Å². The summed E-state index contributed by atoms with van der Waals surface area (Å²) in [7, 11) is -3.82. The molecule has 0 aliphatic heterocycles. The number of amides is 1. The van der Waals surface area contributed by atoms with Crippen LogP contribution in [0, 0.1) is 13.8 Å².